The molecule has 1 aromatic rings. The van der Waals surface area contributed by atoms with E-state index in [-0.39, 0.29) is 12.5 Å². The molecule has 9 heteroatoms. The molecule has 2 rings (SSSR count). The maximum absolute atomic E-state index is 13.5. The van der Waals surface area contributed by atoms with Crippen LogP contribution >= 0.6 is 0 Å². The van der Waals surface area contributed by atoms with Gasteiger partial charge in [0.25, 0.3) is 0 Å². The number of aromatic nitrogens is 1. The van der Waals surface area contributed by atoms with E-state index in [1.807, 2.05) is 27.7 Å². The van der Waals surface area contributed by atoms with Crippen LogP contribution in [0.15, 0.2) is 17.7 Å². The molecule has 1 saturated heterocycles. The van der Waals surface area contributed by atoms with E-state index in [1.165, 1.54) is 19.2 Å². The Kier molecular flexibility index (Phi) is 5.53. The number of pyridine rings is 1. The van der Waals surface area contributed by atoms with Gasteiger partial charge in [-0.3, -0.25) is 4.79 Å². The number of carbonyl (C=O) groups excluding carboxylic acids is 1. The van der Waals surface area contributed by atoms with Crippen molar-refractivity contribution in [1.82, 2.24) is 10.3 Å². The van der Waals surface area contributed by atoms with Gasteiger partial charge in [-0.2, -0.15) is 4.39 Å². The molecule has 2 N–H and O–H groups in total. The number of halogens is 1. The predicted molar refractivity (Wildman–Crippen MR) is 93.9 cm³/mol. The van der Waals surface area contributed by atoms with Crippen molar-refractivity contribution in [2.24, 2.45) is 0 Å². The van der Waals surface area contributed by atoms with Gasteiger partial charge in [0.2, 0.25) is 11.9 Å². The lowest BCUT2D eigenvalue weighted by atomic mass is 9.77. The van der Waals surface area contributed by atoms with Crippen LogP contribution in [0.25, 0.3) is 6.08 Å². The number of aromatic carboxylic acids is 1. The number of carboxylic acids is 1. The molecule has 0 spiro atoms. The Morgan fingerprint density at radius 1 is 1.31 bits per heavy atom. The molecule has 0 unspecified atom stereocenters. The Morgan fingerprint density at radius 2 is 1.88 bits per heavy atom. The lowest BCUT2D eigenvalue weighted by Crippen LogP contribution is -2.41. The molecule has 0 atom stereocenters. The van der Waals surface area contributed by atoms with Crippen molar-refractivity contribution in [3.8, 4) is 0 Å². The highest BCUT2D eigenvalue weighted by molar-refractivity contribution is 6.56. The number of hydrogen-bond acceptors (Lipinski definition) is 5. The topological polar surface area (TPSA) is 97.8 Å². The van der Waals surface area contributed by atoms with E-state index in [0.29, 0.717) is 11.0 Å². The summed E-state index contributed by atoms with van der Waals surface area (Å²) in [5, 5.41) is 11.7. The Hall–Kier alpha value is -2.26. The van der Waals surface area contributed by atoms with Crippen LogP contribution in [0.3, 0.4) is 0 Å². The SMILES string of the molecule is CC(=O)NCC(=Cc1cnc(F)c(C(=O)O)c1)B1OC(C)(C)C(C)(C)O1. The Labute approximate surface area is 151 Å². The normalized spacial score (nSPS) is 18.7. The van der Waals surface area contributed by atoms with Crippen molar-refractivity contribution in [3.63, 3.8) is 0 Å². The number of hydrogen-bond donors (Lipinski definition) is 2. The average molecular weight is 364 g/mol. The summed E-state index contributed by atoms with van der Waals surface area (Å²) >= 11 is 0. The van der Waals surface area contributed by atoms with Crippen molar-refractivity contribution in [1.29, 1.82) is 0 Å². The Bertz CT molecular complexity index is 748. The van der Waals surface area contributed by atoms with Crippen LogP contribution in [0.4, 0.5) is 4.39 Å². The highest BCUT2D eigenvalue weighted by Crippen LogP contribution is 2.38. The first-order valence-electron chi connectivity index (χ1n) is 8.12. The Balaban J connectivity index is 2.39. The van der Waals surface area contributed by atoms with Gasteiger partial charge in [0.05, 0.1) is 11.2 Å². The average Bonchev–Trinajstić information content (AvgIpc) is 2.72. The molecule has 0 aliphatic carbocycles. The van der Waals surface area contributed by atoms with Crippen molar-refractivity contribution < 1.29 is 28.4 Å². The molecule has 0 bridgehead atoms. The molecule has 0 radical (unpaired) electrons. The molecule has 7 nitrogen and oxygen atoms in total. The van der Waals surface area contributed by atoms with Gasteiger partial charge in [-0.15, -0.1) is 0 Å². The third-order valence-electron chi connectivity index (χ3n) is 4.54. The first-order chi connectivity index (χ1) is 11.9. The zero-order valence-corrected chi connectivity index (χ0v) is 15.4. The zero-order chi connectivity index (χ0) is 19.7. The van der Waals surface area contributed by atoms with Crippen molar-refractivity contribution in [3.05, 3.63) is 34.8 Å². The number of carbonyl (C=O) groups is 2. The van der Waals surface area contributed by atoms with Crippen LogP contribution < -0.4 is 5.32 Å². The monoisotopic (exact) mass is 364 g/mol. The quantitative estimate of drug-likeness (QED) is 0.613. The van der Waals surface area contributed by atoms with E-state index in [1.54, 1.807) is 6.08 Å². The van der Waals surface area contributed by atoms with Crippen molar-refractivity contribution in [2.45, 2.75) is 45.8 Å². The molecule has 1 aromatic heterocycles. The largest absolute Gasteiger partial charge is 0.492 e. The van der Waals surface area contributed by atoms with Gasteiger partial charge in [-0.05, 0) is 44.8 Å². The molecule has 1 fully saturated rings. The highest BCUT2D eigenvalue weighted by atomic mass is 19.1. The molecular formula is C17H22BFN2O5. The molecule has 1 aliphatic rings. The number of nitrogens with one attached hydrogen (secondary N) is 1. The van der Waals surface area contributed by atoms with Gasteiger partial charge in [0.15, 0.2) is 0 Å². The number of carboxylic acid groups (broad SMARTS) is 1. The second-order valence-corrected chi connectivity index (χ2v) is 7.13. The Morgan fingerprint density at radius 3 is 2.38 bits per heavy atom. The van der Waals surface area contributed by atoms with Crippen molar-refractivity contribution >= 4 is 25.1 Å². The minimum Gasteiger partial charge on any atom is -0.478 e. The first-order valence-corrected chi connectivity index (χ1v) is 8.12. The summed E-state index contributed by atoms with van der Waals surface area (Å²) in [7, 11) is -0.745. The summed E-state index contributed by atoms with van der Waals surface area (Å²) in [6, 6.07) is 1.17. The first kappa shape index (κ1) is 20.1. The second-order valence-electron chi connectivity index (χ2n) is 7.13. The molecule has 0 saturated carbocycles. The minimum atomic E-state index is -1.41. The van der Waals surface area contributed by atoms with Crippen LogP contribution in [0, 0.1) is 5.95 Å². The third kappa shape index (κ3) is 4.28. The van der Waals surface area contributed by atoms with Crippen molar-refractivity contribution in [2.75, 3.05) is 6.54 Å². The lowest BCUT2D eigenvalue weighted by Gasteiger charge is -2.32. The van der Waals surface area contributed by atoms with Crippen LogP contribution in [0.5, 0.6) is 0 Å². The van der Waals surface area contributed by atoms with E-state index >= 15 is 0 Å². The van der Waals surface area contributed by atoms with Gasteiger partial charge in [0.1, 0.15) is 5.56 Å². The van der Waals surface area contributed by atoms with Gasteiger partial charge >= 0.3 is 13.1 Å². The maximum atomic E-state index is 13.5. The third-order valence-corrected chi connectivity index (χ3v) is 4.54. The van der Waals surface area contributed by atoms with E-state index in [0.717, 1.165) is 0 Å². The highest BCUT2D eigenvalue weighted by Gasteiger charge is 2.52. The summed E-state index contributed by atoms with van der Waals surface area (Å²) in [4.78, 5) is 25.9. The van der Waals surface area contributed by atoms with Gasteiger partial charge in [-0.1, -0.05) is 6.08 Å². The molecular weight excluding hydrogens is 342 g/mol. The van der Waals surface area contributed by atoms with Gasteiger partial charge < -0.3 is 19.7 Å². The van der Waals surface area contributed by atoms with Crippen LogP contribution in [-0.4, -0.2) is 46.8 Å². The smallest absolute Gasteiger partial charge is 0.478 e. The van der Waals surface area contributed by atoms with E-state index in [9.17, 15) is 14.0 Å². The van der Waals surface area contributed by atoms with Crippen LogP contribution in [0.1, 0.15) is 50.5 Å². The van der Waals surface area contributed by atoms with Gasteiger partial charge in [0, 0.05) is 19.7 Å². The van der Waals surface area contributed by atoms with E-state index in [4.69, 9.17) is 14.4 Å². The van der Waals surface area contributed by atoms with E-state index in [2.05, 4.69) is 10.3 Å². The summed E-state index contributed by atoms with van der Waals surface area (Å²) in [6.45, 7) is 9.09. The summed E-state index contributed by atoms with van der Waals surface area (Å²) in [5.74, 6) is -2.71. The summed E-state index contributed by atoms with van der Waals surface area (Å²) < 4.78 is 25.5. The molecule has 1 aliphatic heterocycles. The standard InChI is InChI=1S/C17H22BFN2O5/c1-10(22)20-9-12(18-25-16(2,3)17(4,5)26-18)6-11-7-13(15(23)24)14(19)21-8-11/h6-8H,9H2,1-5H3,(H,20,22)(H,23,24). The van der Waals surface area contributed by atoms with Gasteiger partial charge in [-0.25, -0.2) is 9.78 Å². The van der Waals surface area contributed by atoms with Crippen LogP contribution in [-0.2, 0) is 14.1 Å². The van der Waals surface area contributed by atoms with E-state index < -0.39 is 35.8 Å². The number of rotatable bonds is 5. The molecule has 1 amide bonds. The maximum Gasteiger partial charge on any atom is 0.492 e. The summed E-state index contributed by atoms with van der Waals surface area (Å²) in [6.07, 6.45) is 2.79. The molecule has 0 aromatic carbocycles. The van der Waals surface area contributed by atoms with Crippen LogP contribution in [0.2, 0.25) is 0 Å². The number of amides is 1. The fraction of sp³-hybridized carbons (Fsp3) is 0.471. The fourth-order valence-corrected chi connectivity index (χ4v) is 2.33. The molecule has 2 heterocycles. The summed E-state index contributed by atoms with van der Waals surface area (Å²) in [5.41, 5.74) is -0.783. The minimum absolute atomic E-state index is 0.131. The zero-order valence-electron chi connectivity index (χ0n) is 15.4. The lowest BCUT2D eigenvalue weighted by molar-refractivity contribution is -0.118. The molecule has 140 valence electrons. The predicted octanol–water partition coefficient (Wildman–Crippen LogP) is 2.07. The second kappa shape index (κ2) is 7.16. The fourth-order valence-electron chi connectivity index (χ4n) is 2.33. The number of nitrogens with zero attached hydrogens (tertiary/aromatic N) is 1. The molecule has 26 heavy (non-hydrogen) atoms.